The van der Waals surface area contributed by atoms with Crippen LogP contribution in [0.15, 0.2) is 48.9 Å². The van der Waals surface area contributed by atoms with E-state index in [0.29, 0.717) is 39.5 Å². The fourth-order valence-electron chi connectivity index (χ4n) is 3.59. The molecule has 0 aliphatic carbocycles. The third-order valence-electron chi connectivity index (χ3n) is 5.47. The Morgan fingerprint density at radius 3 is 2.58 bits per heavy atom. The van der Waals surface area contributed by atoms with Crippen LogP contribution in [0.25, 0.3) is 10.9 Å². The maximum Gasteiger partial charge on any atom is 0.254 e. The largest absolute Gasteiger partial charge is 0.455 e. The van der Waals surface area contributed by atoms with E-state index in [1.807, 2.05) is 20.8 Å². The molecule has 0 bridgehead atoms. The van der Waals surface area contributed by atoms with Crippen molar-refractivity contribution >= 4 is 28.4 Å². The van der Waals surface area contributed by atoms with Crippen LogP contribution in [0.2, 0.25) is 0 Å². The monoisotopic (exact) mass is 490 g/mol. The number of carbonyl (C=O) groups excluding carboxylic acids is 2. The van der Waals surface area contributed by atoms with E-state index in [9.17, 15) is 14.0 Å². The van der Waals surface area contributed by atoms with Crippen LogP contribution >= 0.6 is 0 Å². The summed E-state index contributed by atoms with van der Waals surface area (Å²) in [6.07, 6.45) is 4.97. The molecule has 0 saturated heterocycles. The number of ether oxygens (including phenoxy) is 1. The summed E-state index contributed by atoms with van der Waals surface area (Å²) in [5, 5.41) is 10.0. The van der Waals surface area contributed by atoms with Crippen molar-refractivity contribution in [3.63, 3.8) is 0 Å². The fourth-order valence-corrected chi connectivity index (χ4v) is 3.59. The number of rotatable bonds is 6. The highest BCUT2D eigenvalue weighted by Gasteiger charge is 2.17. The van der Waals surface area contributed by atoms with Gasteiger partial charge < -0.3 is 15.4 Å². The first-order valence-electron chi connectivity index (χ1n) is 11.3. The Bertz CT molecular complexity index is 1460. The summed E-state index contributed by atoms with van der Waals surface area (Å²) in [6.45, 7) is 7.84. The summed E-state index contributed by atoms with van der Waals surface area (Å²) < 4.78 is 22.2. The number of benzene rings is 1. The zero-order valence-corrected chi connectivity index (χ0v) is 20.7. The second kappa shape index (κ2) is 9.73. The van der Waals surface area contributed by atoms with E-state index in [0.717, 1.165) is 0 Å². The van der Waals surface area contributed by atoms with Crippen molar-refractivity contribution in [1.82, 2.24) is 25.1 Å². The van der Waals surface area contributed by atoms with Gasteiger partial charge >= 0.3 is 0 Å². The summed E-state index contributed by atoms with van der Waals surface area (Å²) in [6, 6.07) is 7.67. The molecule has 0 spiro atoms. The van der Waals surface area contributed by atoms with Gasteiger partial charge in [0.15, 0.2) is 0 Å². The van der Waals surface area contributed by atoms with Gasteiger partial charge in [-0.05, 0) is 52.0 Å². The maximum absolute atomic E-state index is 14.3. The zero-order valence-electron chi connectivity index (χ0n) is 20.7. The summed E-state index contributed by atoms with van der Waals surface area (Å²) in [7, 11) is 1.43. The van der Waals surface area contributed by atoms with Gasteiger partial charge in [0.2, 0.25) is 5.91 Å². The first kappa shape index (κ1) is 24.8. The summed E-state index contributed by atoms with van der Waals surface area (Å²) in [5.74, 6) is -0.568. The molecule has 3 heterocycles. The second-order valence-electron chi connectivity index (χ2n) is 9.29. The minimum absolute atomic E-state index is 0.0781. The van der Waals surface area contributed by atoms with Crippen molar-refractivity contribution < 1.29 is 18.7 Å². The molecular weight excluding hydrogens is 463 g/mol. The van der Waals surface area contributed by atoms with Gasteiger partial charge in [0, 0.05) is 30.9 Å². The molecule has 0 radical (unpaired) electrons. The molecule has 0 saturated carbocycles. The number of hydrogen-bond donors (Lipinski definition) is 2. The Morgan fingerprint density at radius 1 is 1.14 bits per heavy atom. The second-order valence-corrected chi connectivity index (χ2v) is 9.29. The van der Waals surface area contributed by atoms with Gasteiger partial charge in [0.25, 0.3) is 5.91 Å². The van der Waals surface area contributed by atoms with Crippen LogP contribution in [0.4, 0.5) is 10.1 Å². The average molecular weight is 491 g/mol. The van der Waals surface area contributed by atoms with E-state index in [2.05, 4.69) is 25.7 Å². The third kappa shape index (κ3) is 5.32. The number of hydrogen-bond acceptors (Lipinski definition) is 6. The number of fused-ring (bicyclic) bond motifs is 1. The summed E-state index contributed by atoms with van der Waals surface area (Å²) >= 11 is 0. The van der Waals surface area contributed by atoms with Crippen molar-refractivity contribution in [2.45, 2.75) is 39.7 Å². The Kier molecular flexibility index (Phi) is 6.69. The number of pyridine rings is 2. The predicted octanol–water partition coefficient (Wildman–Crippen LogP) is 4.36. The molecule has 0 aliphatic heterocycles. The molecule has 4 aromatic rings. The van der Waals surface area contributed by atoms with E-state index < -0.39 is 11.7 Å². The van der Waals surface area contributed by atoms with E-state index in [1.165, 1.54) is 25.4 Å². The van der Waals surface area contributed by atoms with Crippen LogP contribution in [-0.4, -0.2) is 38.6 Å². The topological polar surface area (TPSA) is 111 Å². The first-order chi connectivity index (χ1) is 17.0. The van der Waals surface area contributed by atoms with Gasteiger partial charge in [-0.2, -0.15) is 5.10 Å². The lowest BCUT2D eigenvalue weighted by molar-refractivity contribution is -0.115. The average Bonchev–Trinajstić information content (AvgIpc) is 3.29. The molecule has 0 aliphatic rings. The van der Waals surface area contributed by atoms with E-state index in [4.69, 9.17) is 4.74 Å². The van der Waals surface area contributed by atoms with E-state index in [1.54, 1.807) is 42.2 Å². The van der Waals surface area contributed by atoms with Crippen LogP contribution in [0, 0.1) is 12.7 Å². The van der Waals surface area contributed by atoms with Crippen LogP contribution in [0.1, 0.15) is 42.5 Å². The molecule has 9 nitrogen and oxygen atoms in total. The number of halogens is 1. The van der Waals surface area contributed by atoms with Gasteiger partial charge in [0.1, 0.15) is 17.3 Å². The Morgan fingerprint density at radius 2 is 1.92 bits per heavy atom. The Labute approximate surface area is 207 Å². The van der Waals surface area contributed by atoms with Crippen molar-refractivity contribution in [3.8, 4) is 11.5 Å². The first-order valence-corrected chi connectivity index (χ1v) is 11.3. The minimum atomic E-state index is -0.669. The van der Waals surface area contributed by atoms with Crippen molar-refractivity contribution in [1.29, 1.82) is 0 Å². The molecule has 4 rings (SSSR count). The molecule has 0 fully saturated rings. The normalized spacial score (nSPS) is 11.4. The maximum atomic E-state index is 14.3. The van der Waals surface area contributed by atoms with Crippen molar-refractivity contribution in [2.24, 2.45) is 0 Å². The molecule has 186 valence electrons. The SMILES string of the molecule is CNC(=O)c1cc2c(Oc3ccc(CC(=O)Nc4cnn(C(C)(C)C)c4)nc3C)ccnc2cc1F. The molecule has 3 aromatic heterocycles. The van der Waals surface area contributed by atoms with Crippen LogP contribution < -0.4 is 15.4 Å². The van der Waals surface area contributed by atoms with Gasteiger partial charge in [-0.15, -0.1) is 0 Å². The molecule has 2 amide bonds. The fraction of sp³-hybridized carbons (Fsp3) is 0.269. The Balaban J connectivity index is 1.51. The highest BCUT2D eigenvalue weighted by Crippen LogP contribution is 2.31. The smallest absolute Gasteiger partial charge is 0.254 e. The number of amides is 2. The van der Waals surface area contributed by atoms with Crippen LogP contribution in [0.3, 0.4) is 0 Å². The third-order valence-corrected chi connectivity index (χ3v) is 5.47. The zero-order chi connectivity index (χ0) is 26.0. The molecule has 2 N–H and O–H groups in total. The summed E-state index contributed by atoms with van der Waals surface area (Å²) in [5.41, 5.74) is 1.82. The molecule has 36 heavy (non-hydrogen) atoms. The number of anilines is 1. The lowest BCUT2D eigenvalue weighted by atomic mass is 10.1. The van der Waals surface area contributed by atoms with Crippen LogP contribution in [0.5, 0.6) is 11.5 Å². The van der Waals surface area contributed by atoms with Crippen molar-refractivity contribution in [3.05, 3.63) is 71.7 Å². The highest BCUT2D eigenvalue weighted by molar-refractivity contribution is 5.99. The van der Waals surface area contributed by atoms with E-state index >= 15 is 0 Å². The quantitative estimate of drug-likeness (QED) is 0.415. The summed E-state index contributed by atoms with van der Waals surface area (Å²) in [4.78, 5) is 33.2. The number of aromatic nitrogens is 4. The predicted molar refractivity (Wildman–Crippen MR) is 134 cm³/mol. The highest BCUT2D eigenvalue weighted by atomic mass is 19.1. The molecule has 1 aromatic carbocycles. The lowest BCUT2D eigenvalue weighted by Gasteiger charge is -2.18. The number of nitrogens with one attached hydrogen (secondary N) is 2. The Hall–Kier alpha value is -4.34. The van der Waals surface area contributed by atoms with Crippen LogP contribution in [-0.2, 0) is 16.8 Å². The minimum Gasteiger partial charge on any atom is -0.455 e. The number of aryl methyl sites for hydroxylation is 1. The van der Waals surface area contributed by atoms with E-state index in [-0.39, 0.29) is 23.4 Å². The number of carbonyl (C=O) groups is 2. The molecule has 0 unspecified atom stereocenters. The van der Waals surface area contributed by atoms with Gasteiger partial charge in [0.05, 0.1) is 46.3 Å². The molecular formula is C26H27FN6O3. The molecule has 10 heteroatoms. The standard InChI is InChI=1S/C26H27FN6O3/c1-15-22(36-23-8-9-29-21-12-20(27)18(11-19(21)23)25(35)28-5)7-6-16(31-15)10-24(34)32-17-13-30-33(14-17)26(2,3)4/h6-9,11-14H,10H2,1-5H3,(H,28,35)(H,32,34). The number of nitrogens with zero attached hydrogens (tertiary/aromatic N) is 4. The van der Waals surface area contributed by atoms with Gasteiger partial charge in [-0.1, -0.05) is 0 Å². The van der Waals surface area contributed by atoms with Gasteiger partial charge in [-0.25, -0.2) is 4.39 Å². The molecule has 0 atom stereocenters. The van der Waals surface area contributed by atoms with Crippen molar-refractivity contribution in [2.75, 3.05) is 12.4 Å². The van der Waals surface area contributed by atoms with Gasteiger partial charge in [-0.3, -0.25) is 24.2 Å². The lowest BCUT2D eigenvalue weighted by Crippen LogP contribution is -2.22.